The van der Waals surface area contributed by atoms with Crippen LogP contribution < -0.4 is 5.69 Å². The minimum absolute atomic E-state index is 0.0367. The van der Waals surface area contributed by atoms with Gasteiger partial charge in [0.2, 0.25) is 0 Å². The van der Waals surface area contributed by atoms with Crippen molar-refractivity contribution in [1.29, 1.82) is 5.26 Å². The van der Waals surface area contributed by atoms with Crippen molar-refractivity contribution < 1.29 is 8.42 Å². The van der Waals surface area contributed by atoms with E-state index in [9.17, 15) is 13.2 Å². The summed E-state index contributed by atoms with van der Waals surface area (Å²) >= 11 is 0. The van der Waals surface area contributed by atoms with Crippen LogP contribution >= 0.6 is 0 Å². The van der Waals surface area contributed by atoms with Crippen LogP contribution in [0.3, 0.4) is 0 Å². The maximum absolute atomic E-state index is 12.1. The van der Waals surface area contributed by atoms with Crippen molar-refractivity contribution in [1.82, 2.24) is 9.55 Å². The van der Waals surface area contributed by atoms with Gasteiger partial charge in [-0.1, -0.05) is 0 Å². The third-order valence-electron chi connectivity index (χ3n) is 2.73. The molecule has 0 saturated carbocycles. The summed E-state index contributed by atoms with van der Waals surface area (Å²) < 4.78 is 25.4. The van der Waals surface area contributed by atoms with Crippen LogP contribution in [0.15, 0.2) is 52.4 Å². The van der Waals surface area contributed by atoms with Gasteiger partial charge < -0.3 is 0 Å². The largest absolute Gasteiger partial charge is 0.347 e. The Balaban J connectivity index is 2.17. The highest BCUT2D eigenvalue weighted by atomic mass is 32.2. The number of nitriles is 1. The Morgan fingerprint density at radius 2 is 1.95 bits per heavy atom. The molecule has 0 bridgehead atoms. The number of sulfone groups is 1. The summed E-state index contributed by atoms with van der Waals surface area (Å²) in [6, 6.07) is 9.16. The fraction of sp³-hybridized carbons (Fsp3) is 0.154. The molecule has 20 heavy (non-hydrogen) atoms. The van der Waals surface area contributed by atoms with Crippen LogP contribution in [-0.2, 0) is 16.4 Å². The molecule has 7 heteroatoms. The fourth-order valence-corrected chi connectivity index (χ4v) is 2.85. The topological polar surface area (TPSA) is 92.8 Å². The lowest BCUT2D eigenvalue weighted by Gasteiger charge is -2.06. The number of hydrogen-bond donors (Lipinski definition) is 0. The third kappa shape index (κ3) is 3.10. The Labute approximate surface area is 115 Å². The summed E-state index contributed by atoms with van der Waals surface area (Å²) in [6.07, 6.45) is 2.84. The maximum Gasteiger partial charge on any atom is 0.347 e. The SMILES string of the molecule is N#Cc1ccc(S(=O)(=O)CCn2cccnc2=O)cc1. The molecule has 0 amide bonds. The van der Waals surface area contributed by atoms with E-state index in [0.717, 1.165) is 0 Å². The van der Waals surface area contributed by atoms with Gasteiger partial charge in [0.25, 0.3) is 0 Å². The zero-order chi connectivity index (χ0) is 14.6. The first-order valence-corrected chi connectivity index (χ1v) is 7.42. The molecule has 0 saturated heterocycles. The molecule has 0 aliphatic rings. The highest BCUT2D eigenvalue weighted by Gasteiger charge is 2.14. The van der Waals surface area contributed by atoms with Crippen molar-refractivity contribution >= 4 is 9.84 Å². The molecular formula is C13H11N3O3S. The molecule has 0 atom stereocenters. The second-order valence-corrected chi connectivity index (χ2v) is 6.16. The molecule has 1 aromatic heterocycles. The lowest BCUT2D eigenvalue weighted by Crippen LogP contribution is -2.25. The van der Waals surface area contributed by atoms with Crippen molar-refractivity contribution in [2.45, 2.75) is 11.4 Å². The lowest BCUT2D eigenvalue weighted by atomic mass is 10.2. The van der Waals surface area contributed by atoms with E-state index in [1.807, 2.05) is 6.07 Å². The summed E-state index contributed by atoms with van der Waals surface area (Å²) in [6.45, 7) is 0.0367. The van der Waals surface area contributed by atoms with Gasteiger partial charge in [0, 0.05) is 18.9 Å². The van der Waals surface area contributed by atoms with Crippen molar-refractivity contribution in [3.8, 4) is 6.07 Å². The standard InChI is InChI=1S/C13H11N3O3S/c14-10-11-2-4-12(5-3-11)20(18,19)9-8-16-7-1-6-15-13(16)17/h1-7H,8-9H2. The maximum atomic E-state index is 12.1. The van der Waals surface area contributed by atoms with E-state index >= 15 is 0 Å². The van der Waals surface area contributed by atoms with Crippen LogP contribution in [0.25, 0.3) is 0 Å². The van der Waals surface area contributed by atoms with E-state index < -0.39 is 15.5 Å². The first kappa shape index (κ1) is 14.0. The molecule has 0 fully saturated rings. The summed E-state index contributed by atoms with van der Waals surface area (Å²) in [5.74, 6) is -0.204. The van der Waals surface area contributed by atoms with E-state index in [1.165, 1.54) is 41.2 Å². The predicted molar refractivity (Wildman–Crippen MR) is 71.7 cm³/mol. The van der Waals surface area contributed by atoms with Gasteiger partial charge in [-0.25, -0.2) is 18.2 Å². The third-order valence-corrected chi connectivity index (χ3v) is 4.44. The first-order valence-electron chi connectivity index (χ1n) is 5.77. The van der Waals surface area contributed by atoms with Crippen molar-refractivity contribution in [2.75, 3.05) is 5.75 Å². The van der Waals surface area contributed by atoms with Gasteiger partial charge in [-0.15, -0.1) is 0 Å². The summed E-state index contributed by atoms with van der Waals surface area (Å²) in [7, 11) is -3.50. The number of nitrogens with zero attached hydrogens (tertiary/aromatic N) is 3. The quantitative estimate of drug-likeness (QED) is 0.821. The molecule has 2 rings (SSSR count). The minimum atomic E-state index is -3.50. The van der Waals surface area contributed by atoms with E-state index in [1.54, 1.807) is 6.07 Å². The zero-order valence-corrected chi connectivity index (χ0v) is 11.2. The second-order valence-electron chi connectivity index (χ2n) is 4.05. The number of benzene rings is 1. The van der Waals surface area contributed by atoms with Crippen LogP contribution in [0, 0.1) is 11.3 Å². The molecule has 0 aliphatic carbocycles. The van der Waals surface area contributed by atoms with Crippen LogP contribution in [0.1, 0.15) is 5.56 Å². The molecule has 0 N–H and O–H groups in total. The van der Waals surface area contributed by atoms with E-state index in [2.05, 4.69) is 4.98 Å². The van der Waals surface area contributed by atoms with Gasteiger partial charge in [-0.3, -0.25) is 4.57 Å². The monoisotopic (exact) mass is 289 g/mol. The second kappa shape index (κ2) is 5.67. The summed E-state index contributed by atoms with van der Waals surface area (Å²) in [5.41, 5.74) is -0.0880. The van der Waals surface area contributed by atoms with E-state index in [-0.39, 0.29) is 17.2 Å². The Kier molecular flexibility index (Phi) is 3.96. The van der Waals surface area contributed by atoms with Crippen LogP contribution in [0.5, 0.6) is 0 Å². The zero-order valence-electron chi connectivity index (χ0n) is 10.4. The normalized spacial score (nSPS) is 10.9. The summed E-state index contributed by atoms with van der Waals surface area (Å²) in [5, 5.41) is 8.67. The molecule has 0 radical (unpaired) electrons. The highest BCUT2D eigenvalue weighted by Crippen LogP contribution is 2.12. The van der Waals surface area contributed by atoms with Crippen LogP contribution in [0.2, 0.25) is 0 Å². The van der Waals surface area contributed by atoms with Crippen LogP contribution in [-0.4, -0.2) is 23.7 Å². The average molecular weight is 289 g/mol. The molecule has 0 spiro atoms. The fourth-order valence-electron chi connectivity index (χ4n) is 1.63. The number of aromatic nitrogens is 2. The molecular weight excluding hydrogens is 278 g/mol. The average Bonchev–Trinajstić information content (AvgIpc) is 2.46. The molecule has 2 aromatic rings. The van der Waals surface area contributed by atoms with Crippen molar-refractivity contribution in [3.05, 3.63) is 58.8 Å². The van der Waals surface area contributed by atoms with E-state index in [4.69, 9.17) is 5.26 Å². The summed E-state index contributed by atoms with van der Waals surface area (Å²) in [4.78, 5) is 15.1. The van der Waals surface area contributed by atoms with Crippen LogP contribution in [0.4, 0.5) is 0 Å². The number of rotatable bonds is 4. The van der Waals surface area contributed by atoms with Crippen molar-refractivity contribution in [3.63, 3.8) is 0 Å². The van der Waals surface area contributed by atoms with Gasteiger partial charge in [0.1, 0.15) is 0 Å². The molecule has 0 aliphatic heterocycles. The molecule has 6 nitrogen and oxygen atoms in total. The Morgan fingerprint density at radius 3 is 2.55 bits per heavy atom. The number of hydrogen-bond acceptors (Lipinski definition) is 5. The van der Waals surface area contributed by atoms with Gasteiger partial charge in [0.05, 0.1) is 22.3 Å². The minimum Gasteiger partial charge on any atom is -0.298 e. The van der Waals surface area contributed by atoms with Gasteiger partial charge >= 0.3 is 5.69 Å². The predicted octanol–water partition coefficient (Wildman–Crippen LogP) is 0.589. The number of aryl methyl sites for hydroxylation is 1. The van der Waals surface area contributed by atoms with Gasteiger partial charge in [-0.05, 0) is 30.3 Å². The Bertz CT molecular complexity index is 802. The Hall–Kier alpha value is -2.46. The first-order chi connectivity index (χ1) is 9.53. The van der Waals surface area contributed by atoms with Crippen molar-refractivity contribution in [2.24, 2.45) is 0 Å². The Morgan fingerprint density at radius 1 is 1.25 bits per heavy atom. The molecule has 102 valence electrons. The van der Waals surface area contributed by atoms with Gasteiger partial charge in [0.15, 0.2) is 9.84 Å². The van der Waals surface area contributed by atoms with Gasteiger partial charge in [-0.2, -0.15) is 5.26 Å². The molecule has 0 unspecified atom stereocenters. The smallest absolute Gasteiger partial charge is 0.298 e. The molecule has 1 heterocycles. The lowest BCUT2D eigenvalue weighted by molar-refractivity contribution is 0.585. The van der Waals surface area contributed by atoms with E-state index in [0.29, 0.717) is 5.56 Å². The highest BCUT2D eigenvalue weighted by molar-refractivity contribution is 7.91. The molecule has 1 aromatic carbocycles.